The van der Waals surface area contributed by atoms with Crippen molar-refractivity contribution < 1.29 is 14.0 Å². The van der Waals surface area contributed by atoms with Crippen LogP contribution in [0.25, 0.3) is 22.6 Å². The zero-order valence-electron chi connectivity index (χ0n) is 16.9. The lowest BCUT2D eigenvalue weighted by atomic mass is 10.1. The number of nitrogens with one attached hydrogen (secondary N) is 1. The standard InChI is InChI=1S/C25H21N3O3/c29-23-6-3-15-28(23)16-17-7-9-18(10-8-17)24(30)26-20-13-11-19(12-14-20)25-27-21-4-1-2-5-22(21)31-25/h1-2,4-5,7-14H,3,6,15-16H2,(H,26,30). The molecule has 1 aliphatic rings. The third kappa shape index (κ3) is 4.05. The van der Waals surface area contributed by atoms with Crippen molar-refractivity contribution in [2.45, 2.75) is 19.4 Å². The second-order valence-electron chi connectivity index (χ2n) is 7.63. The van der Waals surface area contributed by atoms with Crippen LogP contribution in [0.2, 0.25) is 0 Å². The second kappa shape index (κ2) is 8.07. The highest BCUT2D eigenvalue weighted by molar-refractivity contribution is 6.04. The van der Waals surface area contributed by atoms with E-state index in [4.69, 9.17) is 4.42 Å². The predicted molar refractivity (Wildman–Crippen MR) is 118 cm³/mol. The highest BCUT2D eigenvalue weighted by Gasteiger charge is 2.20. The van der Waals surface area contributed by atoms with E-state index >= 15 is 0 Å². The van der Waals surface area contributed by atoms with Crippen LogP contribution in [0.15, 0.2) is 77.2 Å². The molecule has 0 unspecified atom stereocenters. The number of fused-ring (bicyclic) bond motifs is 1. The van der Waals surface area contributed by atoms with E-state index in [2.05, 4.69) is 10.3 Å². The van der Waals surface area contributed by atoms with E-state index in [-0.39, 0.29) is 11.8 Å². The number of nitrogens with zero attached hydrogens (tertiary/aromatic N) is 2. The molecule has 6 nitrogen and oxygen atoms in total. The minimum atomic E-state index is -0.182. The zero-order valence-corrected chi connectivity index (χ0v) is 16.9. The molecule has 2 heterocycles. The number of hydrogen-bond acceptors (Lipinski definition) is 4. The lowest BCUT2D eigenvalue weighted by Gasteiger charge is -2.15. The van der Waals surface area contributed by atoms with Gasteiger partial charge in [-0.2, -0.15) is 0 Å². The highest BCUT2D eigenvalue weighted by Crippen LogP contribution is 2.25. The van der Waals surface area contributed by atoms with Crippen molar-refractivity contribution in [2.75, 3.05) is 11.9 Å². The van der Waals surface area contributed by atoms with Crippen LogP contribution in [-0.2, 0) is 11.3 Å². The molecule has 3 aromatic carbocycles. The summed E-state index contributed by atoms with van der Waals surface area (Å²) in [7, 11) is 0. The van der Waals surface area contributed by atoms with E-state index in [1.165, 1.54) is 0 Å². The average molecular weight is 411 g/mol. The number of carbonyl (C=O) groups excluding carboxylic acids is 2. The fourth-order valence-corrected chi connectivity index (χ4v) is 3.75. The number of oxazole rings is 1. The van der Waals surface area contributed by atoms with Crippen LogP contribution in [0.4, 0.5) is 5.69 Å². The summed E-state index contributed by atoms with van der Waals surface area (Å²) in [4.78, 5) is 30.7. The monoisotopic (exact) mass is 411 g/mol. The SMILES string of the molecule is O=C(Nc1ccc(-c2nc3ccccc3o2)cc1)c1ccc(CN2CCCC2=O)cc1. The summed E-state index contributed by atoms with van der Waals surface area (Å²) in [6.07, 6.45) is 1.55. The Kier molecular flexibility index (Phi) is 4.96. The minimum Gasteiger partial charge on any atom is -0.436 e. The van der Waals surface area contributed by atoms with Gasteiger partial charge in [0.1, 0.15) is 5.52 Å². The molecule has 0 radical (unpaired) electrons. The number of para-hydroxylation sites is 2. The Hall–Kier alpha value is -3.93. The quantitative estimate of drug-likeness (QED) is 0.508. The zero-order chi connectivity index (χ0) is 21.2. The predicted octanol–water partition coefficient (Wildman–Crippen LogP) is 4.87. The van der Waals surface area contributed by atoms with Crippen molar-refractivity contribution in [1.82, 2.24) is 9.88 Å². The Labute approximate surface area is 179 Å². The van der Waals surface area contributed by atoms with Crippen molar-refractivity contribution in [1.29, 1.82) is 0 Å². The Morgan fingerprint density at radius 3 is 2.48 bits per heavy atom. The van der Waals surface area contributed by atoms with E-state index in [9.17, 15) is 9.59 Å². The summed E-state index contributed by atoms with van der Waals surface area (Å²) < 4.78 is 5.79. The van der Waals surface area contributed by atoms with E-state index in [0.717, 1.165) is 35.2 Å². The third-order valence-corrected chi connectivity index (χ3v) is 5.44. The van der Waals surface area contributed by atoms with Gasteiger partial charge in [-0.05, 0) is 60.5 Å². The van der Waals surface area contributed by atoms with Gasteiger partial charge in [-0.25, -0.2) is 4.98 Å². The maximum absolute atomic E-state index is 12.6. The molecule has 31 heavy (non-hydrogen) atoms. The average Bonchev–Trinajstić information content (AvgIpc) is 3.41. The van der Waals surface area contributed by atoms with Gasteiger partial charge in [0.2, 0.25) is 11.8 Å². The molecular weight excluding hydrogens is 390 g/mol. The summed E-state index contributed by atoms with van der Waals surface area (Å²) in [5, 5.41) is 2.91. The van der Waals surface area contributed by atoms with Crippen LogP contribution in [0.5, 0.6) is 0 Å². The van der Waals surface area contributed by atoms with Crippen LogP contribution >= 0.6 is 0 Å². The van der Waals surface area contributed by atoms with Gasteiger partial charge in [0.05, 0.1) is 0 Å². The summed E-state index contributed by atoms with van der Waals surface area (Å²) >= 11 is 0. The molecule has 1 aromatic heterocycles. The summed E-state index contributed by atoms with van der Waals surface area (Å²) in [6.45, 7) is 1.40. The Morgan fingerprint density at radius 1 is 1.00 bits per heavy atom. The van der Waals surface area contributed by atoms with Crippen molar-refractivity contribution >= 4 is 28.6 Å². The third-order valence-electron chi connectivity index (χ3n) is 5.44. The van der Waals surface area contributed by atoms with Gasteiger partial charge < -0.3 is 14.6 Å². The van der Waals surface area contributed by atoms with Gasteiger partial charge in [-0.15, -0.1) is 0 Å². The first kappa shape index (κ1) is 19.1. The van der Waals surface area contributed by atoms with Crippen molar-refractivity contribution in [2.24, 2.45) is 0 Å². The first-order chi connectivity index (χ1) is 15.2. The molecule has 1 aliphatic heterocycles. The van der Waals surface area contributed by atoms with Gasteiger partial charge in [-0.3, -0.25) is 9.59 Å². The van der Waals surface area contributed by atoms with Gasteiger partial charge in [-0.1, -0.05) is 24.3 Å². The molecule has 4 aromatic rings. The number of likely N-dealkylation sites (tertiary alicyclic amines) is 1. The smallest absolute Gasteiger partial charge is 0.255 e. The molecule has 0 bridgehead atoms. The molecule has 0 aliphatic carbocycles. The molecule has 1 saturated heterocycles. The van der Waals surface area contributed by atoms with Crippen molar-refractivity contribution in [3.05, 3.63) is 83.9 Å². The van der Waals surface area contributed by atoms with Crippen LogP contribution in [-0.4, -0.2) is 28.2 Å². The topological polar surface area (TPSA) is 75.4 Å². The van der Waals surface area contributed by atoms with E-state index in [1.54, 1.807) is 12.1 Å². The number of carbonyl (C=O) groups is 2. The van der Waals surface area contributed by atoms with Crippen molar-refractivity contribution in [3.8, 4) is 11.5 Å². The number of rotatable bonds is 5. The first-order valence-electron chi connectivity index (χ1n) is 10.3. The Bertz CT molecular complexity index is 1210. The van der Waals surface area contributed by atoms with E-state index in [1.807, 2.05) is 65.6 Å². The fraction of sp³-hybridized carbons (Fsp3) is 0.160. The van der Waals surface area contributed by atoms with Crippen LogP contribution < -0.4 is 5.32 Å². The number of hydrogen-bond donors (Lipinski definition) is 1. The maximum atomic E-state index is 12.6. The van der Waals surface area contributed by atoms with Gasteiger partial charge >= 0.3 is 0 Å². The first-order valence-corrected chi connectivity index (χ1v) is 10.3. The van der Waals surface area contributed by atoms with Crippen LogP contribution in [0.3, 0.4) is 0 Å². The lowest BCUT2D eigenvalue weighted by Crippen LogP contribution is -2.23. The van der Waals surface area contributed by atoms with Gasteiger partial charge in [0.15, 0.2) is 5.58 Å². The maximum Gasteiger partial charge on any atom is 0.255 e. The molecule has 2 amide bonds. The molecule has 154 valence electrons. The second-order valence-corrected chi connectivity index (χ2v) is 7.63. The molecular formula is C25H21N3O3. The molecule has 6 heteroatoms. The highest BCUT2D eigenvalue weighted by atomic mass is 16.3. The van der Waals surface area contributed by atoms with Crippen molar-refractivity contribution in [3.63, 3.8) is 0 Å². The number of benzene rings is 3. The Morgan fingerprint density at radius 2 is 1.77 bits per heavy atom. The minimum absolute atomic E-state index is 0.182. The van der Waals surface area contributed by atoms with E-state index in [0.29, 0.717) is 30.1 Å². The largest absolute Gasteiger partial charge is 0.436 e. The Balaban J connectivity index is 1.24. The van der Waals surface area contributed by atoms with Gasteiger partial charge in [0.25, 0.3) is 5.91 Å². The molecule has 0 spiro atoms. The molecule has 5 rings (SSSR count). The summed E-state index contributed by atoms with van der Waals surface area (Å²) in [6, 6.07) is 22.4. The van der Waals surface area contributed by atoms with Gasteiger partial charge in [0, 0.05) is 36.3 Å². The molecule has 1 fully saturated rings. The summed E-state index contributed by atoms with van der Waals surface area (Å²) in [5.74, 6) is 0.563. The number of anilines is 1. The molecule has 0 atom stereocenters. The van der Waals surface area contributed by atoms with E-state index < -0.39 is 0 Å². The van der Waals surface area contributed by atoms with Crippen LogP contribution in [0.1, 0.15) is 28.8 Å². The molecule has 0 saturated carbocycles. The lowest BCUT2D eigenvalue weighted by molar-refractivity contribution is -0.128. The number of aromatic nitrogens is 1. The summed E-state index contributed by atoms with van der Waals surface area (Å²) in [5.41, 5.74) is 4.68. The fourth-order valence-electron chi connectivity index (χ4n) is 3.75. The van der Waals surface area contributed by atoms with Crippen LogP contribution in [0, 0.1) is 0 Å². The molecule has 1 N–H and O–H groups in total. The normalized spacial score (nSPS) is 13.7. The number of amides is 2.